The van der Waals surface area contributed by atoms with Crippen LogP contribution in [-0.2, 0) is 19.9 Å². The largest absolute Gasteiger partial charge is 0.494 e. The minimum absolute atomic E-state index is 0.279. The molecule has 19 heavy (non-hydrogen) atoms. The molecule has 0 aliphatic rings. The fraction of sp³-hybridized carbons (Fsp3) is 0.357. The smallest absolute Gasteiger partial charge is 0.165 e. The van der Waals surface area contributed by atoms with Crippen LogP contribution in [0.4, 0.5) is 4.39 Å². The van der Waals surface area contributed by atoms with E-state index in [1.807, 2.05) is 24.6 Å². The van der Waals surface area contributed by atoms with Crippen LogP contribution in [0.25, 0.3) is 0 Å². The van der Waals surface area contributed by atoms with Crippen LogP contribution >= 0.6 is 15.9 Å². The Labute approximate surface area is 120 Å². The van der Waals surface area contributed by atoms with Crippen molar-refractivity contribution in [2.75, 3.05) is 7.11 Å². The number of rotatable bonds is 4. The Morgan fingerprint density at radius 2 is 2.11 bits per heavy atom. The molecule has 102 valence electrons. The van der Waals surface area contributed by atoms with Gasteiger partial charge in [-0.2, -0.15) is 0 Å². The third-order valence-electron chi connectivity index (χ3n) is 3.26. The fourth-order valence-corrected chi connectivity index (χ4v) is 2.74. The number of imidazole rings is 1. The van der Waals surface area contributed by atoms with Gasteiger partial charge in [0.15, 0.2) is 11.6 Å². The molecule has 0 unspecified atom stereocenters. The summed E-state index contributed by atoms with van der Waals surface area (Å²) < 4.78 is 21.4. The fourth-order valence-electron chi connectivity index (χ4n) is 2.01. The lowest BCUT2D eigenvalue weighted by atomic mass is 10.1. The van der Waals surface area contributed by atoms with Crippen molar-refractivity contribution in [1.29, 1.82) is 0 Å². The molecule has 3 nitrogen and oxygen atoms in total. The van der Waals surface area contributed by atoms with Crippen molar-refractivity contribution in [3.63, 3.8) is 0 Å². The van der Waals surface area contributed by atoms with Gasteiger partial charge in [-0.25, -0.2) is 9.37 Å². The van der Waals surface area contributed by atoms with E-state index >= 15 is 0 Å². The highest BCUT2D eigenvalue weighted by Gasteiger charge is 2.10. The van der Waals surface area contributed by atoms with E-state index in [-0.39, 0.29) is 11.6 Å². The van der Waals surface area contributed by atoms with Crippen molar-refractivity contribution in [2.24, 2.45) is 7.05 Å². The molecule has 0 fully saturated rings. The van der Waals surface area contributed by atoms with Crippen molar-refractivity contribution < 1.29 is 9.13 Å². The predicted octanol–water partition coefficient (Wildman–Crippen LogP) is 3.42. The van der Waals surface area contributed by atoms with Gasteiger partial charge in [0.05, 0.1) is 12.8 Å². The summed E-state index contributed by atoms with van der Waals surface area (Å²) in [5.74, 6) is 0.921. The molecule has 0 bridgehead atoms. The highest BCUT2D eigenvalue weighted by molar-refractivity contribution is 9.10. The number of aryl methyl sites for hydroxylation is 2. The molecule has 0 aliphatic carbocycles. The summed E-state index contributed by atoms with van der Waals surface area (Å²) in [6.45, 7) is 1.96. The highest BCUT2D eigenvalue weighted by atomic mass is 79.9. The summed E-state index contributed by atoms with van der Waals surface area (Å²) in [6.07, 6.45) is 1.57. The van der Waals surface area contributed by atoms with Crippen molar-refractivity contribution in [1.82, 2.24) is 9.55 Å². The molecule has 0 saturated carbocycles. The minimum atomic E-state index is -0.319. The second kappa shape index (κ2) is 5.74. The highest BCUT2D eigenvalue weighted by Crippen LogP contribution is 2.21. The summed E-state index contributed by atoms with van der Waals surface area (Å²) in [5.41, 5.74) is 2.07. The summed E-state index contributed by atoms with van der Waals surface area (Å²) in [7, 11) is 3.45. The lowest BCUT2D eigenvalue weighted by Gasteiger charge is -2.07. The minimum Gasteiger partial charge on any atom is -0.494 e. The molecule has 0 amide bonds. The SMILES string of the molecule is COc1ccc(CCc2c(Br)nc(C)n2C)cc1F. The van der Waals surface area contributed by atoms with Gasteiger partial charge in [0, 0.05) is 7.05 Å². The topological polar surface area (TPSA) is 27.1 Å². The maximum atomic E-state index is 13.6. The van der Waals surface area contributed by atoms with Gasteiger partial charge in [0.25, 0.3) is 0 Å². The first kappa shape index (κ1) is 14.1. The molecule has 0 saturated heterocycles. The predicted molar refractivity (Wildman–Crippen MR) is 76.0 cm³/mol. The Bertz CT molecular complexity index is 595. The van der Waals surface area contributed by atoms with E-state index < -0.39 is 0 Å². The van der Waals surface area contributed by atoms with Crippen LogP contribution < -0.4 is 4.74 Å². The van der Waals surface area contributed by atoms with E-state index in [4.69, 9.17) is 4.74 Å². The number of aromatic nitrogens is 2. The van der Waals surface area contributed by atoms with E-state index in [0.717, 1.165) is 34.5 Å². The summed E-state index contributed by atoms with van der Waals surface area (Å²) in [6, 6.07) is 5.07. The molecule has 0 radical (unpaired) electrons. The van der Waals surface area contributed by atoms with Crippen molar-refractivity contribution in [3.8, 4) is 5.75 Å². The number of benzene rings is 1. The van der Waals surface area contributed by atoms with Gasteiger partial charge in [-0.05, 0) is 53.4 Å². The number of nitrogens with zero attached hydrogens (tertiary/aromatic N) is 2. The Morgan fingerprint density at radius 3 is 2.63 bits per heavy atom. The molecular formula is C14H16BrFN2O. The monoisotopic (exact) mass is 326 g/mol. The molecule has 1 heterocycles. The van der Waals surface area contributed by atoms with Gasteiger partial charge < -0.3 is 9.30 Å². The molecule has 2 rings (SSSR count). The van der Waals surface area contributed by atoms with E-state index in [1.54, 1.807) is 6.07 Å². The average molecular weight is 327 g/mol. The molecule has 2 aromatic rings. The van der Waals surface area contributed by atoms with Gasteiger partial charge in [0.1, 0.15) is 10.4 Å². The van der Waals surface area contributed by atoms with Crippen LogP contribution in [-0.4, -0.2) is 16.7 Å². The quantitative estimate of drug-likeness (QED) is 0.860. The number of halogens is 2. The van der Waals surface area contributed by atoms with Crippen molar-refractivity contribution in [3.05, 3.63) is 45.7 Å². The number of hydrogen-bond donors (Lipinski definition) is 0. The first-order chi connectivity index (χ1) is 9.02. The normalized spacial score (nSPS) is 10.8. The molecular weight excluding hydrogens is 311 g/mol. The summed E-state index contributed by atoms with van der Waals surface area (Å²) in [4.78, 5) is 4.35. The van der Waals surface area contributed by atoms with Crippen LogP contribution in [0.5, 0.6) is 5.75 Å². The maximum absolute atomic E-state index is 13.6. The number of methoxy groups -OCH3 is 1. The van der Waals surface area contributed by atoms with E-state index in [9.17, 15) is 4.39 Å². The average Bonchev–Trinajstić information content (AvgIpc) is 2.61. The van der Waals surface area contributed by atoms with Crippen LogP contribution in [0.2, 0.25) is 0 Å². The molecule has 1 aromatic carbocycles. The Balaban J connectivity index is 2.12. The van der Waals surface area contributed by atoms with Crippen molar-refractivity contribution >= 4 is 15.9 Å². The second-order valence-corrected chi connectivity index (χ2v) is 5.18. The standard InChI is InChI=1S/C14H16BrFN2O/c1-9-17-14(15)12(18(9)2)6-4-10-5-7-13(19-3)11(16)8-10/h5,7-8H,4,6H2,1-3H3. The van der Waals surface area contributed by atoms with Crippen LogP contribution in [0.15, 0.2) is 22.8 Å². The summed E-state index contributed by atoms with van der Waals surface area (Å²) in [5, 5.41) is 0. The van der Waals surface area contributed by atoms with Gasteiger partial charge in [-0.3, -0.25) is 0 Å². The molecule has 5 heteroatoms. The first-order valence-electron chi connectivity index (χ1n) is 6.03. The second-order valence-electron chi connectivity index (χ2n) is 4.42. The summed E-state index contributed by atoms with van der Waals surface area (Å²) >= 11 is 3.45. The third kappa shape index (κ3) is 2.97. The zero-order valence-corrected chi connectivity index (χ0v) is 12.8. The van der Waals surface area contributed by atoms with E-state index in [0.29, 0.717) is 0 Å². The first-order valence-corrected chi connectivity index (χ1v) is 6.82. The van der Waals surface area contributed by atoms with Crippen molar-refractivity contribution in [2.45, 2.75) is 19.8 Å². The number of hydrogen-bond acceptors (Lipinski definition) is 2. The van der Waals surface area contributed by atoms with Gasteiger partial charge in [-0.15, -0.1) is 0 Å². The van der Waals surface area contributed by atoms with Crippen LogP contribution in [0.1, 0.15) is 17.1 Å². The van der Waals surface area contributed by atoms with Gasteiger partial charge >= 0.3 is 0 Å². The van der Waals surface area contributed by atoms with E-state index in [2.05, 4.69) is 20.9 Å². The molecule has 0 atom stereocenters. The zero-order valence-electron chi connectivity index (χ0n) is 11.2. The molecule has 0 aliphatic heterocycles. The van der Waals surface area contributed by atoms with Crippen LogP contribution in [0, 0.1) is 12.7 Å². The molecule has 0 spiro atoms. The van der Waals surface area contributed by atoms with Gasteiger partial charge in [-0.1, -0.05) is 6.07 Å². The molecule has 1 aromatic heterocycles. The lowest BCUT2D eigenvalue weighted by Crippen LogP contribution is -2.01. The lowest BCUT2D eigenvalue weighted by molar-refractivity contribution is 0.386. The Morgan fingerprint density at radius 1 is 1.37 bits per heavy atom. The maximum Gasteiger partial charge on any atom is 0.165 e. The third-order valence-corrected chi connectivity index (χ3v) is 3.89. The Hall–Kier alpha value is -1.36. The van der Waals surface area contributed by atoms with Gasteiger partial charge in [0.2, 0.25) is 0 Å². The molecule has 0 N–H and O–H groups in total. The Kier molecular flexibility index (Phi) is 4.24. The van der Waals surface area contributed by atoms with E-state index in [1.165, 1.54) is 13.2 Å². The van der Waals surface area contributed by atoms with Crippen LogP contribution in [0.3, 0.4) is 0 Å². The zero-order chi connectivity index (χ0) is 14.0. The number of ether oxygens (including phenoxy) is 1.